The third-order valence-electron chi connectivity index (χ3n) is 3.88. The molecule has 0 radical (unpaired) electrons. The van der Waals surface area contributed by atoms with Crippen LogP contribution in [0.4, 0.5) is 4.39 Å². The van der Waals surface area contributed by atoms with Crippen LogP contribution in [0.2, 0.25) is 0 Å². The number of hydrogen-bond donors (Lipinski definition) is 1. The van der Waals surface area contributed by atoms with Crippen LogP contribution in [0, 0.1) is 5.82 Å². The van der Waals surface area contributed by atoms with Crippen molar-refractivity contribution >= 4 is 23.6 Å². The van der Waals surface area contributed by atoms with E-state index >= 15 is 0 Å². The number of amides is 1. The number of carboxylic acids is 1. The number of carbonyl (C=O) groups is 2. The molecule has 1 aliphatic rings. The fraction of sp³-hybridized carbons (Fsp3) is 0.500. The van der Waals surface area contributed by atoms with Crippen LogP contribution in [-0.2, 0) is 9.59 Å². The van der Waals surface area contributed by atoms with Gasteiger partial charge in [-0.3, -0.25) is 9.59 Å². The predicted octanol–water partition coefficient (Wildman–Crippen LogP) is 2.74. The maximum atomic E-state index is 13.8. The number of thioether (sulfide) groups is 1. The highest BCUT2D eigenvalue weighted by atomic mass is 32.2. The molecule has 2 atom stereocenters. The number of benzene rings is 1. The number of rotatable bonds is 5. The molecular weight excluding hydrogens is 305 g/mol. The molecule has 6 heteroatoms. The van der Waals surface area contributed by atoms with Gasteiger partial charge in [0.25, 0.3) is 0 Å². The van der Waals surface area contributed by atoms with E-state index in [-0.39, 0.29) is 36.5 Å². The summed E-state index contributed by atoms with van der Waals surface area (Å²) in [6.07, 6.45) is 0.161. The smallest absolute Gasteiger partial charge is 0.305 e. The molecule has 1 amide bonds. The Morgan fingerprint density at radius 2 is 2.18 bits per heavy atom. The highest BCUT2D eigenvalue weighted by Crippen LogP contribution is 2.25. The molecule has 2 unspecified atom stereocenters. The molecule has 1 aliphatic heterocycles. The van der Waals surface area contributed by atoms with Crippen molar-refractivity contribution in [1.29, 1.82) is 0 Å². The topological polar surface area (TPSA) is 57.6 Å². The van der Waals surface area contributed by atoms with Crippen molar-refractivity contribution in [2.45, 2.75) is 31.7 Å². The molecule has 1 aromatic rings. The Labute approximate surface area is 133 Å². The summed E-state index contributed by atoms with van der Waals surface area (Å²) >= 11 is 1.67. The molecule has 4 nitrogen and oxygen atoms in total. The van der Waals surface area contributed by atoms with E-state index in [1.165, 1.54) is 6.07 Å². The van der Waals surface area contributed by atoms with E-state index < -0.39 is 5.97 Å². The highest BCUT2D eigenvalue weighted by Gasteiger charge is 2.29. The van der Waals surface area contributed by atoms with Crippen molar-refractivity contribution in [1.82, 2.24) is 4.90 Å². The van der Waals surface area contributed by atoms with Crippen molar-refractivity contribution < 1.29 is 19.1 Å². The number of hydrogen-bond acceptors (Lipinski definition) is 3. The van der Waals surface area contributed by atoms with Gasteiger partial charge in [0.05, 0.1) is 12.5 Å². The van der Waals surface area contributed by atoms with Gasteiger partial charge in [0.2, 0.25) is 5.91 Å². The highest BCUT2D eigenvalue weighted by molar-refractivity contribution is 7.99. The van der Waals surface area contributed by atoms with E-state index in [0.29, 0.717) is 17.9 Å². The fourth-order valence-electron chi connectivity index (χ4n) is 2.72. The number of carbonyl (C=O) groups excluding carboxylic acids is 1. The summed E-state index contributed by atoms with van der Waals surface area (Å²) in [5.74, 6) is -0.0650. The number of carboxylic acid groups (broad SMARTS) is 1. The first-order valence-corrected chi connectivity index (χ1v) is 8.48. The Kier molecular flexibility index (Phi) is 5.83. The minimum Gasteiger partial charge on any atom is -0.481 e. The quantitative estimate of drug-likeness (QED) is 0.904. The molecule has 1 aromatic carbocycles. The summed E-state index contributed by atoms with van der Waals surface area (Å²) in [6, 6.07) is 6.19. The van der Waals surface area contributed by atoms with Gasteiger partial charge in [-0.1, -0.05) is 25.1 Å². The van der Waals surface area contributed by atoms with E-state index in [1.54, 1.807) is 34.9 Å². The van der Waals surface area contributed by atoms with Gasteiger partial charge in [-0.25, -0.2) is 4.39 Å². The zero-order chi connectivity index (χ0) is 16.1. The van der Waals surface area contributed by atoms with Crippen LogP contribution in [0.5, 0.6) is 0 Å². The van der Waals surface area contributed by atoms with Crippen molar-refractivity contribution in [3.8, 4) is 0 Å². The molecule has 0 saturated carbocycles. The number of halogens is 1. The minimum absolute atomic E-state index is 0.0349. The SMILES string of the molecule is CC(CC(=O)N1CCSCC1CC(=O)O)c1ccccc1F. The van der Waals surface area contributed by atoms with Crippen LogP contribution in [0.25, 0.3) is 0 Å². The molecule has 2 rings (SSSR count). The molecule has 0 spiro atoms. The Balaban J connectivity index is 2.03. The first-order valence-electron chi connectivity index (χ1n) is 7.32. The lowest BCUT2D eigenvalue weighted by molar-refractivity contribution is -0.140. The van der Waals surface area contributed by atoms with E-state index in [4.69, 9.17) is 5.11 Å². The van der Waals surface area contributed by atoms with E-state index in [9.17, 15) is 14.0 Å². The van der Waals surface area contributed by atoms with E-state index in [0.717, 1.165) is 5.75 Å². The number of nitrogens with zero attached hydrogens (tertiary/aromatic N) is 1. The van der Waals surface area contributed by atoms with Gasteiger partial charge in [-0.15, -0.1) is 0 Å². The predicted molar refractivity (Wildman–Crippen MR) is 84.5 cm³/mol. The average molecular weight is 325 g/mol. The Hall–Kier alpha value is -1.56. The van der Waals surface area contributed by atoms with Gasteiger partial charge in [-0.2, -0.15) is 11.8 Å². The molecule has 0 bridgehead atoms. The van der Waals surface area contributed by atoms with Gasteiger partial charge in [0, 0.05) is 24.5 Å². The second-order valence-electron chi connectivity index (χ2n) is 5.54. The van der Waals surface area contributed by atoms with Crippen molar-refractivity contribution in [3.63, 3.8) is 0 Å². The molecule has 1 N–H and O–H groups in total. The first kappa shape index (κ1) is 16.8. The molecule has 1 fully saturated rings. The van der Waals surface area contributed by atoms with Crippen molar-refractivity contribution in [2.24, 2.45) is 0 Å². The molecule has 0 aromatic heterocycles. The van der Waals surface area contributed by atoms with Gasteiger partial charge >= 0.3 is 5.97 Å². The second kappa shape index (κ2) is 7.63. The Bertz CT molecular complexity index is 552. The monoisotopic (exact) mass is 325 g/mol. The van der Waals surface area contributed by atoms with Crippen LogP contribution in [0.15, 0.2) is 24.3 Å². The first-order chi connectivity index (χ1) is 10.5. The molecule has 0 aliphatic carbocycles. The normalized spacial score (nSPS) is 19.7. The van der Waals surface area contributed by atoms with Crippen LogP contribution >= 0.6 is 11.8 Å². The standard InChI is InChI=1S/C16H20FNO3S/c1-11(13-4-2-3-5-14(13)17)8-15(19)18-6-7-22-10-12(18)9-16(20)21/h2-5,11-12H,6-10H2,1H3,(H,20,21). The van der Waals surface area contributed by atoms with Crippen molar-refractivity contribution in [2.75, 3.05) is 18.1 Å². The fourth-order valence-corrected chi connectivity index (χ4v) is 3.78. The summed E-state index contributed by atoms with van der Waals surface area (Å²) in [5, 5.41) is 8.96. The summed E-state index contributed by atoms with van der Waals surface area (Å²) in [6.45, 7) is 2.38. The minimum atomic E-state index is -0.896. The molecular formula is C16H20FNO3S. The zero-order valence-corrected chi connectivity index (χ0v) is 13.3. The van der Waals surface area contributed by atoms with Crippen LogP contribution in [0.3, 0.4) is 0 Å². The van der Waals surface area contributed by atoms with Crippen LogP contribution in [-0.4, -0.2) is 46.0 Å². The Morgan fingerprint density at radius 3 is 2.86 bits per heavy atom. The van der Waals surface area contributed by atoms with E-state index in [2.05, 4.69) is 0 Å². The summed E-state index contributed by atoms with van der Waals surface area (Å²) in [4.78, 5) is 25.1. The second-order valence-corrected chi connectivity index (χ2v) is 6.69. The lowest BCUT2D eigenvalue weighted by atomic mass is 9.96. The van der Waals surface area contributed by atoms with Gasteiger partial charge in [0.1, 0.15) is 5.82 Å². The lowest BCUT2D eigenvalue weighted by Crippen LogP contribution is -2.47. The van der Waals surface area contributed by atoms with Crippen LogP contribution < -0.4 is 0 Å². The van der Waals surface area contributed by atoms with E-state index in [1.807, 2.05) is 6.92 Å². The van der Waals surface area contributed by atoms with Crippen LogP contribution in [0.1, 0.15) is 31.2 Å². The average Bonchev–Trinajstić information content (AvgIpc) is 2.47. The summed E-state index contributed by atoms with van der Waals surface area (Å²) in [5.41, 5.74) is 0.525. The maximum Gasteiger partial charge on any atom is 0.305 e. The molecule has 120 valence electrons. The molecule has 1 heterocycles. The summed E-state index contributed by atoms with van der Waals surface area (Å²) in [7, 11) is 0. The third-order valence-corrected chi connectivity index (χ3v) is 4.97. The van der Waals surface area contributed by atoms with Gasteiger partial charge < -0.3 is 10.0 Å². The summed E-state index contributed by atoms with van der Waals surface area (Å²) < 4.78 is 13.8. The third kappa shape index (κ3) is 4.22. The van der Waals surface area contributed by atoms with Gasteiger partial charge in [0.15, 0.2) is 0 Å². The molecule has 22 heavy (non-hydrogen) atoms. The lowest BCUT2D eigenvalue weighted by Gasteiger charge is -2.35. The number of aliphatic carboxylic acids is 1. The van der Waals surface area contributed by atoms with Gasteiger partial charge in [-0.05, 0) is 17.5 Å². The largest absolute Gasteiger partial charge is 0.481 e. The molecule has 1 saturated heterocycles. The van der Waals surface area contributed by atoms with Crippen molar-refractivity contribution in [3.05, 3.63) is 35.6 Å². The zero-order valence-electron chi connectivity index (χ0n) is 12.5. The maximum absolute atomic E-state index is 13.8. The Morgan fingerprint density at radius 1 is 1.45 bits per heavy atom.